The highest BCUT2D eigenvalue weighted by Crippen LogP contribution is 2.17. The molecule has 0 aromatic carbocycles. The third kappa shape index (κ3) is 60.6. The van der Waals surface area contributed by atoms with Crippen molar-refractivity contribution in [2.45, 2.75) is 374 Å². The number of carbonyl (C=O) groups is 3. The van der Waals surface area contributed by atoms with Crippen LogP contribution in [0, 0.1) is 0 Å². The van der Waals surface area contributed by atoms with Gasteiger partial charge in [0.1, 0.15) is 13.2 Å². The van der Waals surface area contributed by atoms with Gasteiger partial charge in [-0.2, -0.15) is 0 Å². The van der Waals surface area contributed by atoms with Gasteiger partial charge in [0.05, 0.1) is 0 Å². The molecule has 0 bridgehead atoms. The molecule has 1 unspecified atom stereocenters. The second kappa shape index (κ2) is 62.4. The van der Waals surface area contributed by atoms with E-state index in [-0.39, 0.29) is 31.1 Å². The Morgan fingerprint density at radius 1 is 0.260 bits per heavy atom. The average Bonchev–Trinajstić information content (AvgIpc) is 3.39. The number of rotatable bonds is 61. The van der Waals surface area contributed by atoms with Crippen molar-refractivity contribution < 1.29 is 28.6 Å². The third-order valence-electron chi connectivity index (χ3n) is 14.9. The minimum atomic E-state index is -0.770. The van der Waals surface area contributed by atoms with Gasteiger partial charge in [-0.25, -0.2) is 0 Å². The molecule has 6 heteroatoms. The zero-order valence-corrected chi connectivity index (χ0v) is 49.4. The molecule has 0 aliphatic heterocycles. The summed E-state index contributed by atoms with van der Waals surface area (Å²) in [5.41, 5.74) is 0. The van der Waals surface area contributed by atoms with Crippen molar-refractivity contribution in [2.24, 2.45) is 0 Å². The second-order valence-electron chi connectivity index (χ2n) is 22.4. The number of ether oxygens (including phenoxy) is 3. The highest BCUT2D eigenvalue weighted by atomic mass is 16.6. The summed E-state index contributed by atoms with van der Waals surface area (Å²) in [5, 5.41) is 0. The summed E-state index contributed by atoms with van der Waals surface area (Å²) in [4.78, 5) is 38.3. The maximum absolute atomic E-state index is 12.9. The van der Waals surface area contributed by atoms with E-state index in [4.69, 9.17) is 14.2 Å². The molecule has 0 aliphatic carbocycles. The molecule has 73 heavy (non-hydrogen) atoms. The topological polar surface area (TPSA) is 78.9 Å². The Morgan fingerprint density at radius 2 is 0.452 bits per heavy atom. The zero-order chi connectivity index (χ0) is 52.9. The first kappa shape index (κ1) is 70.9. The van der Waals surface area contributed by atoms with Crippen LogP contribution in [0.25, 0.3) is 0 Å². The summed E-state index contributed by atoms with van der Waals surface area (Å²) in [6, 6.07) is 0. The second-order valence-corrected chi connectivity index (χ2v) is 22.4. The van der Waals surface area contributed by atoms with Crippen molar-refractivity contribution in [1.29, 1.82) is 0 Å². The van der Waals surface area contributed by atoms with Crippen LogP contribution in [0.2, 0.25) is 0 Å². The lowest BCUT2D eigenvalue weighted by atomic mass is 10.0. The Bertz CT molecular complexity index is 1180. The molecule has 0 aliphatic rings. The van der Waals surface area contributed by atoms with Crippen LogP contribution in [-0.2, 0) is 28.6 Å². The van der Waals surface area contributed by atoms with Gasteiger partial charge in [0.2, 0.25) is 0 Å². The summed E-state index contributed by atoms with van der Waals surface area (Å²) < 4.78 is 17.0. The molecule has 0 spiro atoms. The van der Waals surface area contributed by atoms with Gasteiger partial charge in [0.15, 0.2) is 6.10 Å². The Hall–Kier alpha value is -2.11. The molecule has 0 saturated heterocycles. The molecule has 6 nitrogen and oxygen atoms in total. The van der Waals surface area contributed by atoms with Crippen LogP contribution in [0.15, 0.2) is 24.3 Å². The number of carbonyl (C=O) groups excluding carboxylic acids is 3. The molecular formula is C67H126O6. The summed E-state index contributed by atoms with van der Waals surface area (Å²) >= 11 is 0. The standard InChI is InChI=1S/C67H126O6/c1-4-7-10-13-16-19-22-25-27-29-31-33-35-37-39-42-45-48-51-54-57-60-66(69)72-63-64(62-71-65(68)59-56-53-50-47-44-41-24-21-18-15-12-9-6-3)73-67(70)61-58-55-52-49-46-43-40-38-36-34-32-30-28-26-23-20-17-14-11-8-5-2/h29-32,64H,4-28,33-63H2,1-3H3/b31-29-,32-30-. The first-order chi connectivity index (χ1) is 36.0. The van der Waals surface area contributed by atoms with Gasteiger partial charge >= 0.3 is 17.9 Å². The number of hydrogen-bond acceptors (Lipinski definition) is 6. The molecule has 0 aromatic heterocycles. The van der Waals surface area contributed by atoms with Gasteiger partial charge in [-0.3, -0.25) is 14.4 Å². The van der Waals surface area contributed by atoms with E-state index in [0.29, 0.717) is 19.3 Å². The monoisotopic (exact) mass is 1030 g/mol. The van der Waals surface area contributed by atoms with Gasteiger partial charge in [-0.15, -0.1) is 0 Å². The zero-order valence-electron chi connectivity index (χ0n) is 49.4. The molecular weight excluding hydrogens is 901 g/mol. The first-order valence-corrected chi connectivity index (χ1v) is 32.8. The van der Waals surface area contributed by atoms with E-state index in [1.807, 2.05) is 0 Å². The molecule has 0 amide bonds. The van der Waals surface area contributed by atoms with E-state index in [2.05, 4.69) is 45.1 Å². The molecule has 1 atom stereocenters. The van der Waals surface area contributed by atoms with Crippen molar-refractivity contribution >= 4 is 17.9 Å². The minimum absolute atomic E-state index is 0.0675. The molecule has 0 radical (unpaired) electrons. The maximum Gasteiger partial charge on any atom is 0.306 e. The smallest absolute Gasteiger partial charge is 0.306 e. The van der Waals surface area contributed by atoms with Gasteiger partial charge in [0.25, 0.3) is 0 Å². The highest BCUT2D eigenvalue weighted by Gasteiger charge is 2.19. The van der Waals surface area contributed by atoms with Gasteiger partial charge in [-0.05, 0) is 70.6 Å². The van der Waals surface area contributed by atoms with Crippen molar-refractivity contribution in [1.82, 2.24) is 0 Å². The van der Waals surface area contributed by atoms with Gasteiger partial charge in [0, 0.05) is 19.3 Å². The molecule has 0 saturated carbocycles. The van der Waals surface area contributed by atoms with E-state index in [0.717, 1.165) is 57.8 Å². The lowest BCUT2D eigenvalue weighted by molar-refractivity contribution is -0.167. The Kier molecular flexibility index (Phi) is 60.6. The fraction of sp³-hybridized carbons (Fsp3) is 0.896. The number of unbranched alkanes of at least 4 members (excludes halogenated alkanes) is 46. The molecule has 0 fully saturated rings. The summed E-state index contributed by atoms with van der Waals surface area (Å²) in [6.07, 6.45) is 74.7. The van der Waals surface area contributed by atoms with Crippen LogP contribution in [0.5, 0.6) is 0 Å². The SMILES string of the molecule is CCCCCCCCCC/C=C\CCCCCCCCCCCC(=O)OCC(COC(=O)CCCCCCCCCCCCCCC)OC(=O)CCCCCCCCCCC/C=C\CCCCCCCCCC. The largest absolute Gasteiger partial charge is 0.462 e. The van der Waals surface area contributed by atoms with Crippen molar-refractivity contribution in [3.05, 3.63) is 24.3 Å². The number of hydrogen-bond donors (Lipinski definition) is 0. The summed E-state index contributed by atoms with van der Waals surface area (Å²) in [7, 11) is 0. The van der Waals surface area contributed by atoms with Crippen LogP contribution >= 0.6 is 0 Å². The predicted molar refractivity (Wildman–Crippen MR) is 316 cm³/mol. The van der Waals surface area contributed by atoms with E-state index in [1.54, 1.807) is 0 Å². The van der Waals surface area contributed by atoms with Crippen LogP contribution in [-0.4, -0.2) is 37.2 Å². The maximum atomic E-state index is 12.9. The summed E-state index contributed by atoms with van der Waals surface area (Å²) in [5.74, 6) is -0.845. The van der Waals surface area contributed by atoms with Crippen molar-refractivity contribution in [3.8, 4) is 0 Å². The van der Waals surface area contributed by atoms with Crippen molar-refractivity contribution in [3.63, 3.8) is 0 Å². The van der Waals surface area contributed by atoms with Gasteiger partial charge < -0.3 is 14.2 Å². The number of allylic oxidation sites excluding steroid dienone is 4. The molecule has 430 valence electrons. The Balaban J connectivity index is 4.28. The molecule has 0 aromatic rings. The normalized spacial score (nSPS) is 12.1. The van der Waals surface area contributed by atoms with E-state index >= 15 is 0 Å². The fourth-order valence-corrected chi connectivity index (χ4v) is 9.97. The third-order valence-corrected chi connectivity index (χ3v) is 14.9. The highest BCUT2D eigenvalue weighted by molar-refractivity contribution is 5.71. The van der Waals surface area contributed by atoms with Crippen LogP contribution < -0.4 is 0 Å². The molecule has 0 rings (SSSR count). The predicted octanol–water partition coefficient (Wildman–Crippen LogP) is 22.2. The fourth-order valence-electron chi connectivity index (χ4n) is 9.97. The lowest BCUT2D eigenvalue weighted by Crippen LogP contribution is -2.30. The van der Waals surface area contributed by atoms with Crippen LogP contribution in [0.4, 0.5) is 0 Å². The quantitative estimate of drug-likeness (QED) is 0.0261. The molecule has 0 heterocycles. The van der Waals surface area contributed by atoms with Crippen LogP contribution in [0.3, 0.4) is 0 Å². The summed E-state index contributed by atoms with van der Waals surface area (Å²) in [6.45, 7) is 6.70. The Labute approximate surface area is 455 Å². The first-order valence-electron chi connectivity index (χ1n) is 32.8. The van der Waals surface area contributed by atoms with E-state index in [1.165, 1.54) is 270 Å². The lowest BCUT2D eigenvalue weighted by Gasteiger charge is -2.18. The van der Waals surface area contributed by atoms with Crippen molar-refractivity contribution in [2.75, 3.05) is 13.2 Å². The van der Waals surface area contributed by atoms with Gasteiger partial charge in [-0.1, -0.05) is 302 Å². The Morgan fingerprint density at radius 3 is 0.685 bits per heavy atom. The average molecular weight is 1030 g/mol. The van der Waals surface area contributed by atoms with E-state index < -0.39 is 6.10 Å². The van der Waals surface area contributed by atoms with Crippen LogP contribution in [0.1, 0.15) is 367 Å². The minimum Gasteiger partial charge on any atom is -0.462 e. The van der Waals surface area contributed by atoms with E-state index in [9.17, 15) is 14.4 Å². The molecule has 0 N–H and O–H groups in total. The number of esters is 3.